The van der Waals surface area contributed by atoms with Crippen LogP contribution in [0.25, 0.3) is 0 Å². The minimum atomic E-state index is -1.28. The zero-order valence-corrected chi connectivity index (χ0v) is 19.0. The van der Waals surface area contributed by atoms with Crippen LogP contribution in [0.3, 0.4) is 0 Å². The number of hydrogen-bond donors (Lipinski definition) is 4. The van der Waals surface area contributed by atoms with Crippen LogP contribution in [-0.2, 0) is 14.3 Å². The van der Waals surface area contributed by atoms with Crippen molar-refractivity contribution >= 4 is 22.1 Å². The second-order valence-electron chi connectivity index (χ2n) is 9.31. The molecule has 7 nitrogen and oxygen atoms in total. The van der Waals surface area contributed by atoms with Gasteiger partial charge in [0.1, 0.15) is 24.4 Å². The molecule has 0 radical (unpaired) electrons. The molecule has 0 aromatic rings. The normalized spacial score (nSPS) is 30.3. The Balaban J connectivity index is 2.60. The van der Waals surface area contributed by atoms with Crippen LogP contribution in [0.4, 0.5) is 0 Å². The summed E-state index contributed by atoms with van der Waals surface area (Å²) in [6.45, 7) is 13.4. The van der Waals surface area contributed by atoms with Crippen LogP contribution in [-0.4, -0.2) is 81.2 Å². The first-order valence-corrected chi connectivity index (χ1v) is 16.5. The molecule has 0 aromatic carbocycles. The van der Waals surface area contributed by atoms with Gasteiger partial charge in [-0.2, -0.15) is 0 Å². The molecule has 0 saturated carbocycles. The maximum absolute atomic E-state index is 11.4. The van der Waals surface area contributed by atoms with Crippen LogP contribution in [0.2, 0.25) is 44.4 Å². The number of rotatable bonds is 9. The topological polar surface area (TPSA) is 108 Å². The lowest BCUT2D eigenvalue weighted by Gasteiger charge is -2.42. The Morgan fingerprint density at radius 3 is 2.27 bits per heavy atom. The Morgan fingerprint density at radius 2 is 1.77 bits per heavy atom. The lowest BCUT2D eigenvalue weighted by Crippen LogP contribution is -2.64. The molecule has 5 unspecified atom stereocenters. The zero-order chi connectivity index (χ0) is 20.1. The Morgan fingerprint density at radius 1 is 1.15 bits per heavy atom. The van der Waals surface area contributed by atoms with Crippen LogP contribution >= 0.6 is 0 Å². The van der Waals surface area contributed by atoms with E-state index in [0.29, 0.717) is 6.61 Å². The van der Waals surface area contributed by atoms with Gasteiger partial charge in [0, 0.05) is 29.7 Å². The largest absolute Gasteiger partial charge is 0.394 e. The number of amides is 1. The number of carbonyl (C=O) groups is 1. The van der Waals surface area contributed by atoms with Gasteiger partial charge in [-0.05, 0) is 6.42 Å². The van der Waals surface area contributed by atoms with E-state index in [1.807, 2.05) is 0 Å². The molecule has 0 aliphatic carbocycles. The molecular weight excluding hydrogens is 370 g/mol. The van der Waals surface area contributed by atoms with Gasteiger partial charge in [0.25, 0.3) is 0 Å². The van der Waals surface area contributed by atoms with E-state index in [4.69, 9.17) is 9.47 Å². The molecule has 1 aliphatic heterocycles. The number of aliphatic hydroxyl groups is 3. The third kappa shape index (κ3) is 7.75. The third-order valence-corrected chi connectivity index (χ3v) is 14.3. The van der Waals surface area contributed by atoms with E-state index >= 15 is 0 Å². The summed E-state index contributed by atoms with van der Waals surface area (Å²) in [4.78, 5) is 11.4. The second kappa shape index (κ2) is 9.76. The predicted molar refractivity (Wildman–Crippen MR) is 106 cm³/mol. The number of carbonyl (C=O) groups excluding carboxylic acids is 1. The zero-order valence-electron chi connectivity index (χ0n) is 17.0. The SMILES string of the molecule is CC(=O)NC1C(OCCC[Si](C)(C)C[Si](C)(C)C)OC(CO)C(O)C1O. The van der Waals surface area contributed by atoms with Gasteiger partial charge in [0.05, 0.1) is 6.61 Å². The molecule has 154 valence electrons. The van der Waals surface area contributed by atoms with Gasteiger partial charge < -0.3 is 30.1 Å². The summed E-state index contributed by atoms with van der Waals surface area (Å²) in [7, 11) is -2.36. The van der Waals surface area contributed by atoms with Crippen LogP contribution in [0.5, 0.6) is 0 Å². The van der Waals surface area contributed by atoms with Crippen molar-refractivity contribution in [2.45, 2.75) is 88.4 Å². The maximum atomic E-state index is 11.4. The standard InChI is InChI=1S/C17H37NO6Si2/c1-12(20)18-14-16(22)15(21)13(10-19)24-17(14)23-8-7-9-26(5,6)11-25(2,3)4/h13-17,19,21-22H,7-11H2,1-6H3,(H,18,20). The van der Waals surface area contributed by atoms with E-state index in [-0.39, 0.29) is 5.91 Å². The third-order valence-electron chi connectivity index (χ3n) is 4.54. The monoisotopic (exact) mass is 407 g/mol. The lowest BCUT2D eigenvalue weighted by atomic mass is 9.97. The van der Waals surface area contributed by atoms with Crippen LogP contribution in [0.15, 0.2) is 0 Å². The smallest absolute Gasteiger partial charge is 0.217 e. The average Bonchev–Trinajstić information content (AvgIpc) is 2.47. The highest BCUT2D eigenvalue weighted by Gasteiger charge is 2.45. The molecule has 9 heteroatoms. The van der Waals surface area contributed by atoms with Gasteiger partial charge in [-0.25, -0.2) is 0 Å². The number of nitrogens with one attached hydrogen (secondary N) is 1. The van der Waals surface area contributed by atoms with Gasteiger partial charge >= 0.3 is 0 Å². The van der Waals surface area contributed by atoms with Crippen molar-refractivity contribution < 1.29 is 29.6 Å². The second-order valence-corrected chi connectivity index (χ2v) is 20.7. The van der Waals surface area contributed by atoms with Crippen LogP contribution in [0.1, 0.15) is 13.3 Å². The first-order chi connectivity index (χ1) is 11.9. The van der Waals surface area contributed by atoms with Gasteiger partial charge in [-0.15, -0.1) is 0 Å². The Labute approximate surface area is 159 Å². The van der Waals surface area contributed by atoms with E-state index in [0.717, 1.165) is 12.5 Å². The molecule has 26 heavy (non-hydrogen) atoms. The highest BCUT2D eigenvalue weighted by molar-refractivity contribution is 6.94. The minimum Gasteiger partial charge on any atom is -0.394 e. The summed E-state index contributed by atoms with van der Waals surface area (Å²) in [5.41, 5.74) is 1.37. The van der Waals surface area contributed by atoms with Crippen molar-refractivity contribution in [1.82, 2.24) is 5.32 Å². The van der Waals surface area contributed by atoms with Crippen molar-refractivity contribution in [2.75, 3.05) is 13.2 Å². The van der Waals surface area contributed by atoms with Crippen molar-refractivity contribution in [3.8, 4) is 0 Å². The highest BCUT2D eigenvalue weighted by atomic mass is 28.4. The van der Waals surface area contributed by atoms with E-state index < -0.39 is 53.4 Å². The summed E-state index contributed by atoms with van der Waals surface area (Å²) in [6, 6.07) is 0.279. The van der Waals surface area contributed by atoms with E-state index in [9.17, 15) is 20.1 Å². The van der Waals surface area contributed by atoms with Gasteiger partial charge in [0.15, 0.2) is 6.29 Å². The number of hydrogen-bond acceptors (Lipinski definition) is 6. The fourth-order valence-electron chi connectivity index (χ4n) is 3.89. The summed E-state index contributed by atoms with van der Waals surface area (Å²) < 4.78 is 11.4. The molecule has 5 atom stereocenters. The Hall–Kier alpha value is -0.296. The summed E-state index contributed by atoms with van der Waals surface area (Å²) in [5.74, 6) is -0.343. The predicted octanol–water partition coefficient (Wildman–Crippen LogP) is 0.923. The van der Waals surface area contributed by atoms with E-state index in [2.05, 4.69) is 38.1 Å². The molecular formula is C17H37NO6Si2. The molecule has 0 bridgehead atoms. The highest BCUT2D eigenvalue weighted by Crippen LogP contribution is 2.26. The molecule has 1 rings (SSSR count). The fraction of sp³-hybridized carbons (Fsp3) is 0.941. The van der Waals surface area contributed by atoms with E-state index in [1.54, 1.807) is 0 Å². The number of aliphatic hydroxyl groups excluding tert-OH is 3. The van der Waals surface area contributed by atoms with Crippen LogP contribution < -0.4 is 5.32 Å². The maximum Gasteiger partial charge on any atom is 0.217 e. The van der Waals surface area contributed by atoms with Crippen molar-refractivity contribution in [3.63, 3.8) is 0 Å². The van der Waals surface area contributed by atoms with Crippen molar-refractivity contribution in [1.29, 1.82) is 0 Å². The summed E-state index contributed by atoms with van der Waals surface area (Å²) in [6.07, 6.45) is -3.47. The first-order valence-electron chi connectivity index (χ1n) is 9.37. The molecule has 1 aliphatic rings. The van der Waals surface area contributed by atoms with Crippen molar-refractivity contribution in [2.24, 2.45) is 0 Å². The molecule has 1 fully saturated rings. The number of ether oxygens (including phenoxy) is 2. The average molecular weight is 408 g/mol. The van der Waals surface area contributed by atoms with Gasteiger partial charge in [-0.1, -0.05) is 44.4 Å². The fourth-order valence-corrected chi connectivity index (χ4v) is 17.2. The summed E-state index contributed by atoms with van der Waals surface area (Å²) >= 11 is 0. The van der Waals surface area contributed by atoms with Crippen molar-refractivity contribution in [3.05, 3.63) is 0 Å². The lowest BCUT2D eigenvalue weighted by molar-refractivity contribution is -0.270. The molecule has 0 spiro atoms. The van der Waals surface area contributed by atoms with E-state index in [1.165, 1.54) is 12.6 Å². The van der Waals surface area contributed by atoms with Crippen LogP contribution in [0, 0.1) is 0 Å². The summed E-state index contributed by atoms with van der Waals surface area (Å²) in [5, 5.41) is 32.1. The van der Waals surface area contributed by atoms with Gasteiger partial charge in [0.2, 0.25) is 5.91 Å². The molecule has 1 amide bonds. The molecule has 4 N–H and O–H groups in total. The Kier molecular flexibility index (Phi) is 8.92. The molecule has 1 heterocycles. The Bertz CT molecular complexity index is 457. The first kappa shape index (κ1) is 23.7. The van der Waals surface area contributed by atoms with Gasteiger partial charge in [-0.3, -0.25) is 4.79 Å². The quantitative estimate of drug-likeness (QED) is 0.334. The molecule has 1 saturated heterocycles. The minimum absolute atomic E-state index is 0.343. The molecule has 0 aromatic heterocycles.